The molecule has 0 bridgehead atoms. The van der Waals surface area contributed by atoms with Crippen LogP contribution in [0.2, 0.25) is 0 Å². The lowest BCUT2D eigenvalue weighted by molar-refractivity contribution is 0.440. The number of aromatic nitrogens is 3. The first-order valence-electron chi connectivity index (χ1n) is 7.57. The van der Waals surface area contributed by atoms with Gasteiger partial charge in [-0.25, -0.2) is 17.7 Å². The van der Waals surface area contributed by atoms with Crippen molar-refractivity contribution in [3.05, 3.63) is 66.1 Å². The number of aryl methyl sites for hydroxylation is 1. The Hall–Kier alpha value is -3.00. The molecule has 0 spiro atoms. The molecule has 0 saturated heterocycles. The molecule has 3 aromatic rings. The van der Waals surface area contributed by atoms with Crippen LogP contribution >= 0.6 is 0 Å². The maximum atomic E-state index is 12.7. The van der Waals surface area contributed by atoms with Crippen LogP contribution in [0.15, 0.2) is 59.9 Å². The average molecular weight is 354 g/mol. The summed E-state index contributed by atoms with van der Waals surface area (Å²) in [4.78, 5) is 12.6. The highest BCUT2D eigenvalue weighted by molar-refractivity contribution is 7.93. The SMILES string of the molecule is Cc1cncc(Oc2nccc(N3Cc4ccccc4S3(=O)=O)n2)c1. The van der Waals surface area contributed by atoms with Crippen LogP contribution in [-0.2, 0) is 16.6 Å². The molecule has 25 heavy (non-hydrogen) atoms. The molecule has 1 aliphatic rings. The second-order valence-corrected chi connectivity index (χ2v) is 7.45. The van der Waals surface area contributed by atoms with Gasteiger partial charge in [0.15, 0.2) is 0 Å². The summed E-state index contributed by atoms with van der Waals surface area (Å²) in [7, 11) is -3.62. The lowest BCUT2D eigenvalue weighted by Crippen LogP contribution is -2.24. The molecule has 1 aromatic carbocycles. The van der Waals surface area contributed by atoms with E-state index in [1.54, 1.807) is 42.7 Å². The van der Waals surface area contributed by atoms with E-state index in [-0.39, 0.29) is 18.4 Å². The first-order chi connectivity index (χ1) is 12.0. The highest BCUT2D eigenvalue weighted by Gasteiger charge is 2.35. The smallest absolute Gasteiger partial charge is 0.323 e. The number of benzene rings is 1. The van der Waals surface area contributed by atoms with Gasteiger partial charge in [0.25, 0.3) is 10.0 Å². The molecule has 2 aromatic heterocycles. The van der Waals surface area contributed by atoms with Crippen LogP contribution in [0.3, 0.4) is 0 Å². The molecule has 0 unspecified atom stereocenters. The number of sulfonamides is 1. The normalized spacial score (nSPS) is 15.0. The Morgan fingerprint density at radius 3 is 2.80 bits per heavy atom. The highest BCUT2D eigenvalue weighted by Crippen LogP contribution is 2.33. The van der Waals surface area contributed by atoms with Crippen LogP contribution in [0, 0.1) is 6.92 Å². The molecule has 4 rings (SSSR count). The largest absolute Gasteiger partial charge is 0.423 e. The van der Waals surface area contributed by atoms with Crippen molar-refractivity contribution in [3.63, 3.8) is 0 Å². The number of pyridine rings is 1. The fourth-order valence-corrected chi connectivity index (χ4v) is 4.27. The summed E-state index contributed by atoms with van der Waals surface area (Å²) in [5.74, 6) is 0.756. The molecule has 1 aliphatic heterocycles. The maximum Gasteiger partial charge on any atom is 0.323 e. The van der Waals surface area contributed by atoms with Crippen molar-refractivity contribution in [2.45, 2.75) is 18.4 Å². The molecule has 0 N–H and O–H groups in total. The number of rotatable bonds is 3. The van der Waals surface area contributed by atoms with Crippen molar-refractivity contribution < 1.29 is 13.2 Å². The topological polar surface area (TPSA) is 85.3 Å². The quantitative estimate of drug-likeness (QED) is 0.719. The fraction of sp³-hybridized carbons (Fsp3) is 0.118. The van der Waals surface area contributed by atoms with Crippen molar-refractivity contribution >= 4 is 15.8 Å². The van der Waals surface area contributed by atoms with E-state index in [1.807, 2.05) is 13.0 Å². The molecular weight excluding hydrogens is 340 g/mol. The number of hydrogen-bond acceptors (Lipinski definition) is 6. The monoisotopic (exact) mass is 354 g/mol. The summed E-state index contributed by atoms with van der Waals surface area (Å²) < 4.78 is 32.3. The second-order valence-electron chi connectivity index (χ2n) is 5.62. The summed E-state index contributed by atoms with van der Waals surface area (Å²) in [5, 5.41) is 0. The van der Waals surface area contributed by atoms with Gasteiger partial charge in [-0.05, 0) is 30.2 Å². The number of ether oxygens (including phenoxy) is 1. The van der Waals surface area contributed by atoms with Crippen molar-refractivity contribution in [2.75, 3.05) is 4.31 Å². The summed E-state index contributed by atoms with van der Waals surface area (Å²) >= 11 is 0. The molecule has 0 amide bonds. The van der Waals surface area contributed by atoms with Crippen LogP contribution in [0.4, 0.5) is 5.82 Å². The van der Waals surface area contributed by atoms with Gasteiger partial charge in [0.2, 0.25) is 0 Å². The first-order valence-corrected chi connectivity index (χ1v) is 9.01. The summed E-state index contributed by atoms with van der Waals surface area (Å²) in [6.07, 6.45) is 4.73. The van der Waals surface area contributed by atoms with Gasteiger partial charge in [-0.1, -0.05) is 18.2 Å². The van der Waals surface area contributed by atoms with Crippen LogP contribution in [0.5, 0.6) is 11.8 Å². The maximum absolute atomic E-state index is 12.7. The van der Waals surface area contributed by atoms with Gasteiger partial charge < -0.3 is 4.74 Å². The van der Waals surface area contributed by atoms with Crippen LogP contribution in [0.1, 0.15) is 11.1 Å². The number of nitrogens with zero attached hydrogens (tertiary/aromatic N) is 4. The van der Waals surface area contributed by atoms with Gasteiger partial charge in [0.1, 0.15) is 11.6 Å². The van der Waals surface area contributed by atoms with E-state index < -0.39 is 10.0 Å². The van der Waals surface area contributed by atoms with E-state index >= 15 is 0 Å². The number of hydrogen-bond donors (Lipinski definition) is 0. The van der Waals surface area contributed by atoms with Gasteiger partial charge in [0.05, 0.1) is 17.6 Å². The zero-order valence-electron chi connectivity index (χ0n) is 13.3. The fourth-order valence-electron chi connectivity index (χ4n) is 2.66. The summed E-state index contributed by atoms with van der Waals surface area (Å²) in [6, 6.07) is 10.3. The molecule has 0 atom stereocenters. The molecular formula is C17H14N4O3S. The standard InChI is InChI=1S/C17H14N4O3S/c1-12-8-14(10-18-9-12)24-17-19-7-6-16(20-17)21-11-13-4-2-3-5-15(13)25(21,22)23/h2-10H,11H2,1H3. The Kier molecular flexibility index (Phi) is 3.61. The van der Waals surface area contributed by atoms with Crippen molar-refractivity contribution in [2.24, 2.45) is 0 Å². The molecule has 126 valence electrons. The van der Waals surface area contributed by atoms with E-state index in [9.17, 15) is 8.42 Å². The van der Waals surface area contributed by atoms with Crippen LogP contribution < -0.4 is 9.04 Å². The van der Waals surface area contributed by atoms with E-state index in [2.05, 4.69) is 15.0 Å². The van der Waals surface area contributed by atoms with E-state index in [4.69, 9.17) is 4.74 Å². The average Bonchev–Trinajstić information content (AvgIpc) is 2.87. The van der Waals surface area contributed by atoms with Gasteiger partial charge in [-0.15, -0.1) is 0 Å². The van der Waals surface area contributed by atoms with Crippen molar-refractivity contribution in [3.8, 4) is 11.8 Å². The Labute approximate surface area is 145 Å². The summed E-state index contributed by atoms with van der Waals surface area (Å²) in [5.41, 5.74) is 1.68. The second kappa shape index (κ2) is 5.82. The van der Waals surface area contributed by atoms with Crippen molar-refractivity contribution in [1.82, 2.24) is 15.0 Å². The number of fused-ring (bicyclic) bond motifs is 1. The minimum Gasteiger partial charge on any atom is -0.423 e. The van der Waals surface area contributed by atoms with Gasteiger partial charge in [-0.3, -0.25) is 4.98 Å². The third kappa shape index (κ3) is 2.80. The van der Waals surface area contributed by atoms with Crippen LogP contribution in [0.25, 0.3) is 0 Å². The van der Waals surface area contributed by atoms with Gasteiger partial charge >= 0.3 is 6.01 Å². The van der Waals surface area contributed by atoms with Gasteiger partial charge in [0, 0.05) is 18.5 Å². The first kappa shape index (κ1) is 15.5. The van der Waals surface area contributed by atoms with E-state index in [1.165, 1.54) is 10.5 Å². The highest BCUT2D eigenvalue weighted by atomic mass is 32.2. The van der Waals surface area contributed by atoms with Gasteiger partial charge in [-0.2, -0.15) is 4.98 Å². The van der Waals surface area contributed by atoms with Crippen LogP contribution in [-0.4, -0.2) is 23.4 Å². The third-order valence-electron chi connectivity index (χ3n) is 3.79. The Balaban J connectivity index is 1.67. The van der Waals surface area contributed by atoms with E-state index in [0.29, 0.717) is 10.6 Å². The Morgan fingerprint density at radius 2 is 2.00 bits per heavy atom. The molecule has 0 saturated carbocycles. The molecule has 3 heterocycles. The predicted molar refractivity (Wildman–Crippen MR) is 90.9 cm³/mol. The molecule has 0 fully saturated rings. The minimum absolute atomic E-state index is 0.0658. The van der Waals surface area contributed by atoms with E-state index in [0.717, 1.165) is 11.1 Å². The zero-order valence-corrected chi connectivity index (χ0v) is 14.1. The number of anilines is 1. The third-order valence-corrected chi connectivity index (χ3v) is 5.64. The van der Waals surface area contributed by atoms with Crippen molar-refractivity contribution in [1.29, 1.82) is 0 Å². The molecule has 8 heteroatoms. The lowest BCUT2D eigenvalue weighted by atomic mass is 10.2. The predicted octanol–water partition coefficient (Wildman–Crippen LogP) is 2.68. The Morgan fingerprint density at radius 1 is 1.16 bits per heavy atom. The lowest BCUT2D eigenvalue weighted by Gasteiger charge is -2.16. The zero-order chi connectivity index (χ0) is 17.4. The molecule has 0 aliphatic carbocycles. The minimum atomic E-state index is -3.62. The molecule has 7 nitrogen and oxygen atoms in total. The Bertz CT molecular complexity index is 1050. The molecule has 0 radical (unpaired) electrons. The summed E-state index contributed by atoms with van der Waals surface area (Å²) in [6.45, 7) is 2.13.